The van der Waals surface area contributed by atoms with Crippen LogP contribution in [0.15, 0.2) is 36.8 Å². The van der Waals surface area contributed by atoms with Crippen LogP contribution in [0, 0.1) is 0 Å². The smallest absolute Gasteiger partial charge is 0.132 e. The molecule has 23 heavy (non-hydrogen) atoms. The maximum Gasteiger partial charge on any atom is 0.132 e. The van der Waals surface area contributed by atoms with Crippen LogP contribution in [-0.4, -0.2) is 45.0 Å². The molecule has 4 heterocycles. The number of fused-ring (bicyclic) bond motifs is 2. The molecule has 1 saturated carbocycles. The minimum absolute atomic E-state index is 0.589. The van der Waals surface area contributed by atoms with E-state index in [1.165, 1.54) is 30.7 Å². The van der Waals surface area contributed by atoms with Crippen molar-refractivity contribution in [1.82, 2.24) is 19.9 Å². The van der Waals surface area contributed by atoms with Gasteiger partial charge in [0.25, 0.3) is 0 Å². The molecule has 1 aliphatic carbocycles. The summed E-state index contributed by atoms with van der Waals surface area (Å²) in [6.45, 7) is 3.16. The highest BCUT2D eigenvalue weighted by Gasteiger charge is 2.43. The Labute approximate surface area is 136 Å². The minimum atomic E-state index is 0.589. The van der Waals surface area contributed by atoms with Gasteiger partial charge in [0.1, 0.15) is 12.1 Å². The van der Waals surface area contributed by atoms with E-state index in [0.29, 0.717) is 18.0 Å². The average molecular weight is 307 g/mol. The standard InChI is InChI=1S/C18H21N5/c1-2-6-19-14(3-1)9-22-10-16-7-15(22)11-23(16)18-8-17(13-4-5-13)20-12-21-18/h1-3,6,8,12-13,15-16H,4-5,7,9-11H2. The van der Waals surface area contributed by atoms with E-state index in [-0.39, 0.29) is 0 Å². The molecule has 2 aliphatic heterocycles. The quantitative estimate of drug-likeness (QED) is 0.866. The molecule has 0 radical (unpaired) electrons. The number of nitrogens with zero attached hydrogens (tertiary/aromatic N) is 5. The molecule has 0 amide bonds. The molecule has 0 aromatic carbocycles. The molecule has 2 bridgehead atoms. The van der Waals surface area contributed by atoms with Gasteiger partial charge in [-0.25, -0.2) is 9.97 Å². The van der Waals surface area contributed by atoms with Crippen LogP contribution in [0.4, 0.5) is 5.82 Å². The highest BCUT2D eigenvalue weighted by atomic mass is 15.4. The van der Waals surface area contributed by atoms with Gasteiger partial charge in [-0.05, 0) is 31.4 Å². The van der Waals surface area contributed by atoms with Gasteiger partial charge in [-0.2, -0.15) is 0 Å². The molecule has 2 atom stereocenters. The Morgan fingerprint density at radius 1 is 1.04 bits per heavy atom. The van der Waals surface area contributed by atoms with E-state index in [9.17, 15) is 0 Å². The fourth-order valence-electron chi connectivity index (χ4n) is 4.04. The van der Waals surface area contributed by atoms with E-state index < -0.39 is 0 Å². The fourth-order valence-corrected chi connectivity index (χ4v) is 4.04. The second kappa shape index (κ2) is 5.27. The van der Waals surface area contributed by atoms with E-state index in [4.69, 9.17) is 0 Å². The molecule has 0 N–H and O–H groups in total. The molecular weight excluding hydrogens is 286 g/mol. The Morgan fingerprint density at radius 3 is 2.74 bits per heavy atom. The molecule has 3 fully saturated rings. The third-order valence-electron chi connectivity index (χ3n) is 5.41. The van der Waals surface area contributed by atoms with Gasteiger partial charge < -0.3 is 4.90 Å². The summed E-state index contributed by atoms with van der Waals surface area (Å²) in [7, 11) is 0. The zero-order valence-corrected chi connectivity index (χ0v) is 13.2. The van der Waals surface area contributed by atoms with Crippen molar-refractivity contribution in [2.75, 3.05) is 18.0 Å². The molecule has 2 aromatic heterocycles. The lowest BCUT2D eigenvalue weighted by molar-refractivity contribution is 0.227. The van der Waals surface area contributed by atoms with E-state index in [2.05, 4.69) is 43.0 Å². The van der Waals surface area contributed by atoms with Crippen molar-refractivity contribution in [3.05, 3.63) is 48.2 Å². The van der Waals surface area contributed by atoms with Crippen molar-refractivity contribution in [2.45, 2.75) is 43.8 Å². The number of anilines is 1. The summed E-state index contributed by atoms with van der Waals surface area (Å²) < 4.78 is 0. The maximum atomic E-state index is 4.54. The molecule has 0 spiro atoms. The van der Waals surface area contributed by atoms with Crippen molar-refractivity contribution in [3.8, 4) is 0 Å². The van der Waals surface area contributed by atoms with Crippen LogP contribution in [0.5, 0.6) is 0 Å². The number of hydrogen-bond acceptors (Lipinski definition) is 5. The first-order valence-electron chi connectivity index (χ1n) is 8.59. The van der Waals surface area contributed by atoms with E-state index in [0.717, 1.165) is 25.5 Å². The summed E-state index contributed by atoms with van der Waals surface area (Å²) in [5.41, 5.74) is 2.41. The zero-order chi connectivity index (χ0) is 15.2. The summed E-state index contributed by atoms with van der Waals surface area (Å²) in [6, 6.07) is 9.61. The molecule has 2 aromatic rings. The van der Waals surface area contributed by atoms with Crippen molar-refractivity contribution in [3.63, 3.8) is 0 Å². The van der Waals surface area contributed by atoms with Crippen LogP contribution >= 0.6 is 0 Å². The highest BCUT2D eigenvalue weighted by molar-refractivity contribution is 5.45. The normalized spacial score (nSPS) is 26.9. The predicted octanol–water partition coefficient (Wildman–Crippen LogP) is 2.21. The number of hydrogen-bond donors (Lipinski definition) is 0. The zero-order valence-electron chi connectivity index (χ0n) is 13.2. The first kappa shape index (κ1) is 13.4. The molecule has 118 valence electrons. The van der Waals surface area contributed by atoms with Crippen molar-refractivity contribution >= 4 is 5.82 Å². The lowest BCUT2D eigenvalue weighted by Crippen LogP contribution is -2.46. The molecule has 5 nitrogen and oxygen atoms in total. The summed E-state index contributed by atoms with van der Waals surface area (Å²) in [5.74, 6) is 1.82. The summed E-state index contributed by atoms with van der Waals surface area (Å²) in [6.07, 6.45) is 7.47. The Morgan fingerprint density at radius 2 is 2.00 bits per heavy atom. The van der Waals surface area contributed by atoms with E-state index >= 15 is 0 Å². The van der Waals surface area contributed by atoms with Gasteiger partial charge in [0.2, 0.25) is 0 Å². The molecule has 5 rings (SSSR count). The monoisotopic (exact) mass is 307 g/mol. The lowest BCUT2D eigenvalue weighted by atomic mass is 10.2. The molecule has 3 aliphatic rings. The van der Waals surface area contributed by atoms with Crippen LogP contribution in [-0.2, 0) is 6.54 Å². The van der Waals surface area contributed by atoms with Gasteiger partial charge in [0, 0.05) is 55.6 Å². The SMILES string of the molecule is c1ccc(CN2CC3CC2CN3c2cc(C3CC3)ncn2)nc1. The Bertz CT molecular complexity index is 700. The van der Waals surface area contributed by atoms with Crippen LogP contribution in [0.3, 0.4) is 0 Å². The Hall–Kier alpha value is -2.01. The second-order valence-electron chi connectivity index (χ2n) is 7.02. The number of rotatable bonds is 4. The van der Waals surface area contributed by atoms with Crippen LogP contribution in [0.1, 0.15) is 36.6 Å². The summed E-state index contributed by atoms with van der Waals surface area (Å²) in [5, 5.41) is 0. The van der Waals surface area contributed by atoms with Gasteiger partial charge in [0.05, 0.1) is 5.69 Å². The number of aromatic nitrogens is 3. The van der Waals surface area contributed by atoms with Gasteiger partial charge in [0.15, 0.2) is 0 Å². The third-order valence-corrected chi connectivity index (χ3v) is 5.41. The van der Waals surface area contributed by atoms with Crippen LogP contribution in [0.2, 0.25) is 0 Å². The maximum absolute atomic E-state index is 4.54. The first-order chi connectivity index (χ1) is 11.4. The number of piperazine rings is 1. The van der Waals surface area contributed by atoms with Gasteiger partial charge >= 0.3 is 0 Å². The van der Waals surface area contributed by atoms with Gasteiger partial charge in [-0.3, -0.25) is 9.88 Å². The third kappa shape index (κ3) is 2.49. The Kier molecular flexibility index (Phi) is 3.08. The second-order valence-corrected chi connectivity index (χ2v) is 7.02. The first-order valence-corrected chi connectivity index (χ1v) is 8.59. The fraction of sp³-hybridized carbons (Fsp3) is 0.500. The van der Waals surface area contributed by atoms with Crippen molar-refractivity contribution in [1.29, 1.82) is 0 Å². The van der Waals surface area contributed by atoms with Gasteiger partial charge in [-0.1, -0.05) is 6.07 Å². The number of pyridine rings is 1. The minimum Gasteiger partial charge on any atom is -0.351 e. The van der Waals surface area contributed by atoms with Crippen molar-refractivity contribution in [2.24, 2.45) is 0 Å². The van der Waals surface area contributed by atoms with Crippen molar-refractivity contribution < 1.29 is 0 Å². The van der Waals surface area contributed by atoms with Gasteiger partial charge in [-0.15, -0.1) is 0 Å². The summed E-state index contributed by atoms with van der Waals surface area (Å²) in [4.78, 5) is 18.5. The highest BCUT2D eigenvalue weighted by Crippen LogP contribution is 2.40. The van der Waals surface area contributed by atoms with E-state index in [1.54, 1.807) is 6.33 Å². The van der Waals surface area contributed by atoms with E-state index in [1.807, 2.05) is 12.3 Å². The molecule has 2 saturated heterocycles. The molecular formula is C18H21N5. The lowest BCUT2D eigenvalue weighted by Gasteiger charge is -2.34. The largest absolute Gasteiger partial charge is 0.351 e. The van der Waals surface area contributed by atoms with Crippen LogP contribution in [0.25, 0.3) is 0 Å². The summed E-state index contributed by atoms with van der Waals surface area (Å²) >= 11 is 0. The van der Waals surface area contributed by atoms with Crippen LogP contribution < -0.4 is 4.90 Å². The average Bonchev–Trinajstić information content (AvgIpc) is 3.27. The molecule has 2 unspecified atom stereocenters. The number of likely N-dealkylation sites (tertiary alicyclic amines) is 1. The predicted molar refractivity (Wildman–Crippen MR) is 88.2 cm³/mol. The topological polar surface area (TPSA) is 45.2 Å². The molecule has 5 heteroatoms. The Balaban J connectivity index is 1.29.